The molecule has 0 aliphatic heterocycles. The molecule has 1 aromatic rings. The summed E-state index contributed by atoms with van der Waals surface area (Å²) in [5.74, 6) is 1.37. The Morgan fingerprint density at radius 1 is 1.50 bits per heavy atom. The highest BCUT2D eigenvalue weighted by Crippen LogP contribution is 2.50. The van der Waals surface area contributed by atoms with E-state index in [0.717, 1.165) is 5.82 Å². The molecule has 1 atom stereocenters. The quantitative estimate of drug-likeness (QED) is 0.860. The average molecular weight is 250 g/mol. The molecular weight excluding hydrogens is 228 g/mol. The number of hydrogen-bond acceptors (Lipinski definition) is 3. The standard InChI is InChI=1S/C13H22N4O/c1-12(2,3)11-15-9(16-17-11)10(18)14-7-8-6-13(8,4)5/h8H,6-7H2,1-5H3,(H,14,18)(H,15,16,17). The molecule has 2 N–H and O–H groups in total. The summed E-state index contributed by atoms with van der Waals surface area (Å²) < 4.78 is 0. The molecule has 1 heterocycles. The summed E-state index contributed by atoms with van der Waals surface area (Å²) in [5, 5.41) is 9.69. The Bertz CT molecular complexity index is 456. The van der Waals surface area contributed by atoms with Crippen LogP contribution in [0.15, 0.2) is 0 Å². The fourth-order valence-electron chi connectivity index (χ4n) is 1.92. The van der Waals surface area contributed by atoms with Crippen molar-refractivity contribution in [3.05, 3.63) is 11.6 Å². The minimum Gasteiger partial charge on any atom is -0.349 e. The van der Waals surface area contributed by atoms with Crippen LogP contribution in [0, 0.1) is 11.3 Å². The monoisotopic (exact) mass is 250 g/mol. The summed E-state index contributed by atoms with van der Waals surface area (Å²) in [6, 6.07) is 0. The Kier molecular flexibility index (Phi) is 2.95. The van der Waals surface area contributed by atoms with Crippen LogP contribution in [0.5, 0.6) is 0 Å². The van der Waals surface area contributed by atoms with Gasteiger partial charge in [-0.25, -0.2) is 4.98 Å². The van der Waals surface area contributed by atoms with Gasteiger partial charge in [-0.15, -0.1) is 5.10 Å². The first-order chi connectivity index (χ1) is 8.20. The smallest absolute Gasteiger partial charge is 0.290 e. The molecule has 1 aliphatic rings. The van der Waals surface area contributed by atoms with Crippen molar-refractivity contribution in [3.63, 3.8) is 0 Å². The summed E-state index contributed by atoms with van der Waals surface area (Å²) in [7, 11) is 0. The van der Waals surface area contributed by atoms with E-state index in [9.17, 15) is 4.79 Å². The van der Waals surface area contributed by atoms with Crippen molar-refractivity contribution in [1.29, 1.82) is 0 Å². The van der Waals surface area contributed by atoms with Crippen LogP contribution in [-0.2, 0) is 5.41 Å². The van der Waals surface area contributed by atoms with Crippen molar-refractivity contribution in [3.8, 4) is 0 Å². The molecule has 1 aliphatic carbocycles. The first-order valence-corrected chi connectivity index (χ1v) is 6.41. The zero-order valence-corrected chi connectivity index (χ0v) is 11.8. The summed E-state index contributed by atoms with van der Waals surface area (Å²) in [6.07, 6.45) is 1.18. The third kappa shape index (κ3) is 2.71. The largest absolute Gasteiger partial charge is 0.349 e. The molecule has 0 bridgehead atoms. The van der Waals surface area contributed by atoms with Crippen molar-refractivity contribution >= 4 is 5.91 Å². The zero-order chi connectivity index (χ0) is 13.6. The van der Waals surface area contributed by atoms with Gasteiger partial charge in [-0.1, -0.05) is 34.6 Å². The first-order valence-electron chi connectivity index (χ1n) is 6.41. The van der Waals surface area contributed by atoms with E-state index in [1.165, 1.54) is 6.42 Å². The van der Waals surface area contributed by atoms with E-state index in [1.54, 1.807) is 0 Å². The normalized spacial score (nSPS) is 21.7. The Labute approximate surface area is 108 Å². The van der Waals surface area contributed by atoms with E-state index in [0.29, 0.717) is 17.9 Å². The lowest BCUT2D eigenvalue weighted by Crippen LogP contribution is -2.27. The number of rotatable bonds is 3. The summed E-state index contributed by atoms with van der Waals surface area (Å²) >= 11 is 0. The van der Waals surface area contributed by atoms with Crippen molar-refractivity contribution in [1.82, 2.24) is 20.5 Å². The molecule has 0 spiro atoms. The number of hydrogen-bond donors (Lipinski definition) is 2. The lowest BCUT2D eigenvalue weighted by Gasteiger charge is -2.12. The summed E-state index contributed by atoms with van der Waals surface area (Å²) in [5.41, 5.74) is 0.257. The van der Waals surface area contributed by atoms with Crippen molar-refractivity contribution < 1.29 is 4.79 Å². The molecule has 1 aromatic heterocycles. The minimum absolute atomic E-state index is 0.121. The molecular formula is C13H22N4O. The third-order valence-electron chi connectivity index (χ3n) is 3.63. The second kappa shape index (κ2) is 4.07. The van der Waals surface area contributed by atoms with E-state index >= 15 is 0 Å². The van der Waals surface area contributed by atoms with E-state index in [1.807, 2.05) is 20.8 Å². The maximum atomic E-state index is 11.9. The van der Waals surface area contributed by atoms with Crippen LogP contribution in [0.4, 0.5) is 0 Å². The molecule has 100 valence electrons. The highest BCUT2D eigenvalue weighted by atomic mass is 16.2. The van der Waals surface area contributed by atoms with Crippen LogP contribution < -0.4 is 5.32 Å². The Balaban J connectivity index is 1.91. The molecule has 5 heteroatoms. The molecule has 1 unspecified atom stereocenters. The fraction of sp³-hybridized carbons (Fsp3) is 0.769. The van der Waals surface area contributed by atoms with Gasteiger partial charge in [-0.2, -0.15) is 0 Å². The lowest BCUT2D eigenvalue weighted by molar-refractivity contribution is 0.0940. The molecule has 1 amide bonds. The number of aromatic amines is 1. The third-order valence-corrected chi connectivity index (χ3v) is 3.63. The first kappa shape index (κ1) is 13.1. The van der Waals surface area contributed by atoms with Gasteiger partial charge in [-0.3, -0.25) is 9.89 Å². The minimum atomic E-state index is -0.190. The Morgan fingerprint density at radius 3 is 2.56 bits per heavy atom. The van der Waals surface area contributed by atoms with Crippen LogP contribution in [0.1, 0.15) is 57.5 Å². The van der Waals surface area contributed by atoms with Crippen molar-refractivity contribution in [2.75, 3.05) is 6.54 Å². The molecule has 0 saturated heterocycles. The second-order valence-corrected chi connectivity index (χ2v) is 6.86. The second-order valence-electron chi connectivity index (χ2n) is 6.86. The van der Waals surface area contributed by atoms with Crippen LogP contribution >= 0.6 is 0 Å². The topological polar surface area (TPSA) is 70.7 Å². The fourth-order valence-corrected chi connectivity index (χ4v) is 1.92. The number of carbonyl (C=O) groups is 1. The highest BCUT2D eigenvalue weighted by molar-refractivity contribution is 5.90. The van der Waals surface area contributed by atoms with E-state index < -0.39 is 0 Å². The van der Waals surface area contributed by atoms with Crippen molar-refractivity contribution in [2.24, 2.45) is 11.3 Å². The molecule has 18 heavy (non-hydrogen) atoms. The van der Waals surface area contributed by atoms with Crippen molar-refractivity contribution in [2.45, 2.75) is 46.5 Å². The van der Waals surface area contributed by atoms with Gasteiger partial charge in [0.05, 0.1) is 0 Å². The molecule has 2 rings (SSSR count). The average Bonchev–Trinajstić information content (AvgIpc) is 2.66. The summed E-state index contributed by atoms with van der Waals surface area (Å²) in [4.78, 5) is 16.1. The Hall–Kier alpha value is -1.39. The molecule has 5 nitrogen and oxygen atoms in total. The lowest BCUT2D eigenvalue weighted by atomic mass is 9.96. The van der Waals surface area contributed by atoms with Crippen LogP contribution in [0.3, 0.4) is 0 Å². The number of nitrogens with zero attached hydrogens (tertiary/aromatic N) is 2. The van der Waals surface area contributed by atoms with Gasteiger partial charge in [0.15, 0.2) is 0 Å². The van der Waals surface area contributed by atoms with Crippen LogP contribution in [0.2, 0.25) is 0 Å². The van der Waals surface area contributed by atoms with E-state index in [-0.39, 0.29) is 17.1 Å². The SMILES string of the molecule is CC(C)(C)c1nc(C(=O)NCC2CC2(C)C)n[nH]1. The maximum Gasteiger partial charge on any atom is 0.290 e. The number of carbonyl (C=O) groups excluding carboxylic acids is 1. The number of H-pyrrole nitrogens is 1. The molecule has 0 radical (unpaired) electrons. The summed E-state index contributed by atoms with van der Waals surface area (Å²) in [6.45, 7) is 11.2. The number of amides is 1. The molecule has 1 fully saturated rings. The van der Waals surface area contributed by atoms with Gasteiger partial charge in [0, 0.05) is 12.0 Å². The highest BCUT2D eigenvalue weighted by Gasteiger charge is 2.45. The van der Waals surface area contributed by atoms with Crippen LogP contribution in [0.25, 0.3) is 0 Å². The van der Waals surface area contributed by atoms with E-state index in [2.05, 4.69) is 34.3 Å². The van der Waals surface area contributed by atoms with Gasteiger partial charge < -0.3 is 5.32 Å². The van der Waals surface area contributed by atoms with Crippen LogP contribution in [-0.4, -0.2) is 27.6 Å². The van der Waals surface area contributed by atoms with Gasteiger partial charge in [0.2, 0.25) is 5.82 Å². The zero-order valence-electron chi connectivity index (χ0n) is 11.8. The van der Waals surface area contributed by atoms with E-state index in [4.69, 9.17) is 0 Å². The van der Waals surface area contributed by atoms with Gasteiger partial charge in [0.25, 0.3) is 5.91 Å². The predicted molar refractivity (Wildman–Crippen MR) is 69.3 cm³/mol. The maximum absolute atomic E-state index is 11.9. The van der Waals surface area contributed by atoms with Gasteiger partial charge in [0.1, 0.15) is 5.82 Å². The Morgan fingerprint density at radius 2 is 2.11 bits per heavy atom. The predicted octanol–water partition coefficient (Wildman–Crippen LogP) is 1.88. The number of aromatic nitrogens is 3. The van der Waals surface area contributed by atoms with Gasteiger partial charge >= 0.3 is 0 Å². The molecule has 0 aromatic carbocycles. The van der Waals surface area contributed by atoms with Gasteiger partial charge in [-0.05, 0) is 17.8 Å². The molecule has 1 saturated carbocycles. The number of nitrogens with one attached hydrogen (secondary N) is 2.